The second kappa shape index (κ2) is 3.66. The number of aryl methyl sites for hydroxylation is 1. The van der Waals surface area contributed by atoms with E-state index >= 15 is 0 Å². The van der Waals surface area contributed by atoms with Crippen molar-refractivity contribution in [1.82, 2.24) is 0 Å². The van der Waals surface area contributed by atoms with Crippen LogP contribution in [0.5, 0.6) is 0 Å². The number of anilines is 1. The van der Waals surface area contributed by atoms with Crippen LogP contribution in [0.4, 0.5) is 5.69 Å². The molecule has 0 unspecified atom stereocenters. The van der Waals surface area contributed by atoms with E-state index in [9.17, 15) is 0 Å². The van der Waals surface area contributed by atoms with E-state index < -0.39 is 0 Å². The average Bonchev–Trinajstić information content (AvgIpc) is 2.03. The minimum Gasteiger partial charge on any atom is -0.370 e. The van der Waals surface area contributed by atoms with E-state index in [1.807, 2.05) is 19.1 Å². The number of hydrogen-bond donors (Lipinski definition) is 2. The van der Waals surface area contributed by atoms with Gasteiger partial charge in [-0.05, 0) is 18.6 Å². The lowest BCUT2D eigenvalue weighted by molar-refractivity contribution is 1.18. The van der Waals surface area contributed by atoms with E-state index in [1.54, 1.807) is 18.0 Å². The van der Waals surface area contributed by atoms with Crippen LogP contribution in [0.1, 0.15) is 5.56 Å². The van der Waals surface area contributed by atoms with E-state index in [1.165, 1.54) is 0 Å². The number of nitrogens with zero attached hydrogens (tertiary/aromatic N) is 1. The van der Waals surface area contributed by atoms with Gasteiger partial charge < -0.3 is 10.6 Å². The Bertz CT molecular complexity index is 315. The van der Waals surface area contributed by atoms with E-state index in [0.29, 0.717) is 5.02 Å². The molecule has 0 radical (unpaired) electrons. The second-order valence-corrected chi connectivity index (χ2v) is 3.26. The highest BCUT2D eigenvalue weighted by Crippen LogP contribution is 2.27. The van der Waals surface area contributed by atoms with E-state index in [0.717, 1.165) is 11.3 Å². The highest BCUT2D eigenvalue weighted by molar-refractivity contribution is 6.34. The second-order valence-electron chi connectivity index (χ2n) is 2.85. The van der Waals surface area contributed by atoms with Crippen molar-refractivity contribution in [2.24, 2.45) is 5.73 Å². The fourth-order valence-corrected chi connectivity index (χ4v) is 1.52. The topological polar surface area (TPSA) is 53.1 Å². The van der Waals surface area contributed by atoms with E-state index in [4.69, 9.17) is 22.7 Å². The van der Waals surface area contributed by atoms with Crippen LogP contribution in [-0.2, 0) is 0 Å². The van der Waals surface area contributed by atoms with Crippen molar-refractivity contribution in [3.05, 3.63) is 28.8 Å². The van der Waals surface area contributed by atoms with E-state index in [-0.39, 0.29) is 5.96 Å². The van der Waals surface area contributed by atoms with Gasteiger partial charge in [-0.3, -0.25) is 5.41 Å². The number of rotatable bonds is 1. The maximum Gasteiger partial charge on any atom is 0.192 e. The summed E-state index contributed by atoms with van der Waals surface area (Å²) in [6, 6.07) is 5.58. The van der Waals surface area contributed by atoms with Crippen molar-refractivity contribution in [1.29, 1.82) is 5.41 Å². The van der Waals surface area contributed by atoms with Gasteiger partial charge in [0.05, 0.1) is 10.7 Å². The lowest BCUT2D eigenvalue weighted by atomic mass is 10.2. The quantitative estimate of drug-likeness (QED) is 0.534. The molecule has 0 aromatic heterocycles. The van der Waals surface area contributed by atoms with Crippen molar-refractivity contribution < 1.29 is 0 Å². The van der Waals surface area contributed by atoms with Gasteiger partial charge in [0.15, 0.2) is 5.96 Å². The minimum absolute atomic E-state index is 0.0174. The highest BCUT2D eigenvalue weighted by atomic mass is 35.5. The van der Waals surface area contributed by atoms with Crippen molar-refractivity contribution in [3.8, 4) is 0 Å². The molecular weight excluding hydrogens is 186 g/mol. The maximum absolute atomic E-state index is 7.28. The average molecular weight is 198 g/mol. The van der Waals surface area contributed by atoms with Crippen LogP contribution >= 0.6 is 11.6 Å². The third kappa shape index (κ3) is 1.92. The molecule has 4 heteroatoms. The number of para-hydroxylation sites is 1. The molecule has 0 heterocycles. The Morgan fingerprint density at radius 1 is 1.54 bits per heavy atom. The molecule has 1 aromatic rings. The molecule has 1 aromatic carbocycles. The molecule has 0 saturated heterocycles. The predicted molar refractivity (Wildman–Crippen MR) is 56.5 cm³/mol. The Balaban J connectivity index is 3.20. The molecule has 0 bridgehead atoms. The van der Waals surface area contributed by atoms with Gasteiger partial charge in [-0.1, -0.05) is 23.7 Å². The zero-order valence-corrected chi connectivity index (χ0v) is 8.39. The van der Waals surface area contributed by atoms with Crippen molar-refractivity contribution in [2.75, 3.05) is 11.9 Å². The third-order valence-corrected chi connectivity index (χ3v) is 2.19. The Labute approximate surface area is 82.6 Å². The summed E-state index contributed by atoms with van der Waals surface area (Å²) >= 11 is 5.97. The van der Waals surface area contributed by atoms with Crippen LogP contribution in [0.15, 0.2) is 18.2 Å². The summed E-state index contributed by atoms with van der Waals surface area (Å²) in [5.41, 5.74) is 7.15. The van der Waals surface area contributed by atoms with Crippen LogP contribution < -0.4 is 10.6 Å². The Hall–Kier alpha value is -1.22. The molecule has 0 saturated carbocycles. The van der Waals surface area contributed by atoms with E-state index in [2.05, 4.69) is 0 Å². The number of halogens is 1. The Kier molecular flexibility index (Phi) is 2.78. The molecule has 0 spiro atoms. The highest BCUT2D eigenvalue weighted by Gasteiger charge is 2.10. The molecular formula is C9H12ClN3. The summed E-state index contributed by atoms with van der Waals surface area (Å²) in [7, 11) is 1.72. The van der Waals surface area contributed by atoms with Gasteiger partial charge in [0, 0.05) is 7.05 Å². The van der Waals surface area contributed by atoms with Crippen molar-refractivity contribution in [2.45, 2.75) is 6.92 Å². The van der Waals surface area contributed by atoms with Crippen molar-refractivity contribution in [3.63, 3.8) is 0 Å². The summed E-state index contributed by atoms with van der Waals surface area (Å²) in [6.07, 6.45) is 0. The lowest BCUT2D eigenvalue weighted by Gasteiger charge is -2.20. The maximum atomic E-state index is 7.28. The number of hydrogen-bond acceptors (Lipinski definition) is 1. The smallest absolute Gasteiger partial charge is 0.192 e. The molecule has 0 aliphatic heterocycles. The molecule has 0 fully saturated rings. The number of guanidine groups is 1. The minimum atomic E-state index is -0.0174. The normalized spacial score (nSPS) is 9.77. The molecule has 0 aliphatic carbocycles. The van der Waals surface area contributed by atoms with Crippen LogP contribution in [0.2, 0.25) is 5.02 Å². The van der Waals surface area contributed by atoms with Crippen LogP contribution in [0.25, 0.3) is 0 Å². The molecule has 0 amide bonds. The zero-order valence-electron chi connectivity index (χ0n) is 7.63. The Morgan fingerprint density at radius 2 is 2.15 bits per heavy atom. The molecule has 13 heavy (non-hydrogen) atoms. The summed E-state index contributed by atoms with van der Waals surface area (Å²) in [5.74, 6) is -0.0174. The van der Waals surface area contributed by atoms with Gasteiger partial charge in [0.2, 0.25) is 0 Å². The number of benzene rings is 1. The van der Waals surface area contributed by atoms with Gasteiger partial charge >= 0.3 is 0 Å². The number of nitrogens with one attached hydrogen (secondary N) is 1. The molecule has 0 aliphatic rings. The summed E-state index contributed by atoms with van der Waals surface area (Å²) < 4.78 is 0. The first-order chi connectivity index (χ1) is 6.04. The molecule has 0 atom stereocenters. The fraction of sp³-hybridized carbons (Fsp3) is 0.222. The summed E-state index contributed by atoms with van der Waals surface area (Å²) in [4.78, 5) is 1.55. The SMILES string of the molecule is Cc1cccc(Cl)c1N(C)C(=N)N. The Morgan fingerprint density at radius 3 is 2.62 bits per heavy atom. The first-order valence-corrected chi connectivity index (χ1v) is 4.24. The van der Waals surface area contributed by atoms with Gasteiger partial charge in [-0.25, -0.2) is 0 Å². The molecule has 3 nitrogen and oxygen atoms in total. The predicted octanol–water partition coefficient (Wildman–Crippen LogP) is 1.98. The third-order valence-electron chi connectivity index (χ3n) is 1.89. The van der Waals surface area contributed by atoms with Gasteiger partial charge in [-0.15, -0.1) is 0 Å². The van der Waals surface area contributed by atoms with Gasteiger partial charge in [-0.2, -0.15) is 0 Å². The van der Waals surface area contributed by atoms with Crippen molar-refractivity contribution >= 4 is 23.2 Å². The zero-order chi connectivity index (χ0) is 10.0. The van der Waals surface area contributed by atoms with Gasteiger partial charge in [0.25, 0.3) is 0 Å². The van der Waals surface area contributed by atoms with Crippen LogP contribution in [0.3, 0.4) is 0 Å². The van der Waals surface area contributed by atoms with Gasteiger partial charge in [0.1, 0.15) is 0 Å². The largest absolute Gasteiger partial charge is 0.370 e. The van der Waals surface area contributed by atoms with Crippen LogP contribution in [-0.4, -0.2) is 13.0 Å². The fourth-order valence-electron chi connectivity index (χ4n) is 1.17. The number of nitrogens with two attached hydrogens (primary N) is 1. The molecule has 70 valence electrons. The monoisotopic (exact) mass is 197 g/mol. The summed E-state index contributed by atoms with van der Waals surface area (Å²) in [5, 5.41) is 7.89. The first kappa shape index (κ1) is 9.86. The van der Waals surface area contributed by atoms with Crippen LogP contribution in [0, 0.1) is 12.3 Å². The lowest BCUT2D eigenvalue weighted by Crippen LogP contribution is -2.33. The summed E-state index contributed by atoms with van der Waals surface area (Å²) in [6.45, 7) is 1.93. The first-order valence-electron chi connectivity index (χ1n) is 3.87. The molecule has 1 rings (SSSR count). The standard InChI is InChI=1S/C9H12ClN3/c1-6-4-3-5-7(10)8(6)13(2)9(11)12/h3-5H,1-2H3,(H3,11,12). The molecule has 3 N–H and O–H groups in total.